The van der Waals surface area contributed by atoms with Gasteiger partial charge in [-0.25, -0.2) is 19.6 Å². The van der Waals surface area contributed by atoms with Crippen molar-refractivity contribution in [3.05, 3.63) is 82.5 Å². The fourth-order valence-electron chi connectivity index (χ4n) is 4.05. The van der Waals surface area contributed by atoms with Gasteiger partial charge in [-0.05, 0) is 61.7 Å². The molecule has 0 aliphatic carbocycles. The predicted octanol–water partition coefficient (Wildman–Crippen LogP) is 4.93. The fourth-order valence-corrected chi connectivity index (χ4v) is 4.18. The van der Waals surface area contributed by atoms with Gasteiger partial charge in [0.1, 0.15) is 11.5 Å². The Kier molecular flexibility index (Phi) is 5.49. The van der Waals surface area contributed by atoms with Gasteiger partial charge in [-0.3, -0.25) is 0 Å². The minimum absolute atomic E-state index is 0.229. The topological polar surface area (TPSA) is 70.7 Å². The highest BCUT2D eigenvalue weighted by molar-refractivity contribution is 6.30. The monoisotopic (exact) mass is 446 g/mol. The summed E-state index contributed by atoms with van der Waals surface area (Å²) in [4.78, 5) is 13.7. The maximum Gasteiger partial charge on any atom is 0.238 e. The van der Waals surface area contributed by atoms with E-state index in [1.807, 2.05) is 58.8 Å². The molecule has 3 aromatic heterocycles. The molecule has 0 fully saturated rings. The lowest BCUT2D eigenvalue weighted by molar-refractivity contribution is 0.395. The Morgan fingerprint density at radius 2 is 1.94 bits per heavy atom. The van der Waals surface area contributed by atoms with E-state index in [1.54, 1.807) is 13.4 Å². The highest BCUT2D eigenvalue weighted by Crippen LogP contribution is 2.32. The minimum atomic E-state index is 0.229. The summed E-state index contributed by atoms with van der Waals surface area (Å²) in [5.74, 6) is 2.43. The molecule has 0 unspecified atom stereocenters. The van der Waals surface area contributed by atoms with Crippen LogP contribution in [0.25, 0.3) is 17.8 Å². The van der Waals surface area contributed by atoms with E-state index in [2.05, 4.69) is 22.1 Å². The van der Waals surface area contributed by atoms with Crippen LogP contribution in [0, 0.1) is 6.92 Å². The molecule has 4 aromatic rings. The van der Waals surface area contributed by atoms with E-state index in [9.17, 15) is 0 Å². The van der Waals surface area contributed by atoms with Gasteiger partial charge in [0.25, 0.3) is 0 Å². The molecule has 0 radical (unpaired) electrons. The van der Waals surface area contributed by atoms with Crippen molar-refractivity contribution in [2.24, 2.45) is 0 Å². The van der Waals surface area contributed by atoms with Crippen molar-refractivity contribution in [3.8, 4) is 11.6 Å². The van der Waals surface area contributed by atoms with Gasteiger partial charge in [0.05, 0.1) is 24.8 Å². The lowest BCUT2D eigenvalue weighted by Crippen LogP contribution is -2.17. The first kappa shape index (κ1) is 20.5. The van der Waals surface area contributed by atoms with Crippen molar-refractivity contribution < 1.29 is 4.74 Å². The maximum absolute atomic E-state index is 6.06. The van der Waals surface area contributed by atoms with Crippen molar-refractivity contribution in [1.82, 2.24) is 29.3 Å². The zero-order valence-electron chi connectivity index (χ0n) is 17.9. The number of imidazole rings is 1. The van der Waals surface area contributed by atoms with Gasteiger partial charge >= 0.3 is 0 Å². The van der Waals surface area contributed by atoms with Gasteiger partial charge in [0.15, 0.2) is 5.82 Å². The second-order valence-corrected chi connectivity index (χ2v) is 8.25. The third-order valence-electron chi connectivity index (χ3n) is 5.61. The van der Waals surface area contributed by atoms with Gasteiger partial charge in [-0.15, -0.1) is 0 Å². The van der Waals surface area contributed by atoms with Gasteiger partial charge in [0.2, 0.25) is 5.88 Å². The SMILES string of the molecule is COc1nc(/C=C/c2nc3n(n2)CCC[C@H]3c2ccc(Cl)cc2)ccc1-n1cnc(C)c1. The van der Waals surface area contributed by atoms with Crippen LogP contribution in [0.5, 0.6) is 5.88 Å². The number of aryl methyl sites for hydroxylation is 2. The summed E-state index contributed by atoms with van der Waals surface area (Å²) in [5, 5.41) is 5.43. The Bertz CT molecular complexity index is 1270. The average Bonchev–Trinajstić information content (AvgIpc) is 3.43. The second-order valence-electron chi connectivity index (χ2n) is 7.82. The van der Waals surface area contributed by atoms with Gasteiger partial charge < -0.3 is 9.30 Å². The van der Waals surface area contributed by atoms with Crippen molar-refractivity contribution >= 4 is 23.8 Å². The molecule has 1 aromatic carbocycles. The van der Waals surface area contributed by atoms with Crippen LogP contribution in [0.1, 0.15) is 47.4 Å². The molecule has 8 heteroatoms. The van der Waals surface area contributed by atoms with E-state index in [-0.39, 0.29) is 5.92 Å². The molecule has 1 aliphatic heterocycles. The first-order chi connectivity index (χ1) is 15.6. The van der Waals surface area contributed by atoms with Crippen LogP contribution in [-0.4, -0.2) is 36.4 Å². The highest BCUT2D eigenvalue weighted by atomic mass is 35.5. The molecule has 7 nitrogen and oxygen atoms in total. The molecule has 0 spiro atoms. The molecule has 4 heterocycles. The third-order valence-corrected chi connectivity index (χ3v) is 5.86. The summed E-state index contributed by atoms with van der Waals surface area (Å²) in [6, 6.07) is 11.9. The zero-order valence-corrected chi connectivity index (χ0v) is 18.7. The van der Waals surface area contributed by atoms with Crippen LogP contribution >= 0.6 is 11.6 Å². The number of rotatable bonds is 5. The molecule has 0 amide bonds. The predicted molar refractivity (Wildman–Crippen MR) is 124 cm³/mol. The maximum atomic E-state index is 6.06. The van der Waals surface area contributed by atoms with Crippen LogP contribution in [0.2, 0.25) is 5.02 Å². The van der Waals surface area contributed by atoms with Crippen LogP contribution in [0.15, 0.2) is 48.9 Å². The second kappa shape index (κ2) is 8.59. The number of benzene rings is 1. The average molecular weight is 447 g/mol. The molecular formula is C24H23ClN6O. The Morgan fingerprint density at radius 3 is 2.69 bits per heavy atom. The van der Waals surface area contributed by atoms with Gasteiger partial charge in [0, 0.05) is 23.7 Å². The van der Waals surface area contributed by atoms with E-state index < -0.39 is 0 Å². The molecule has 0 saturated heterocycles. The van der Waals surface area contributed by atoms with Crippen molar-refractivity contribution in [1.29, 1.82) is 0 Å². The number of nitrogens with zero attached hydrogens (tertiary/aromatic N) is 6. The first-order valence-electron chi connectivity index (χ1n) is 10.5. The van der Waals surface area contributed by atoms with E-state index in [1.165, 1.54) is 5.56 Å². The number of halogens is 1. The minimum Gasteiger partial charge on any atom is -0.479 e. The van der Waals surface area contributed by atoms with Crippen molar-refractivity contribution in [3.63, 3.8) is 0 Å². The molecule has 32 heavy (non-hydrogen) atoms. The highest BCUT2D eigenvalue weighted by Gasteiger charge is 2.25. The van der Waals surface area contributed by atoms with Crippen molar-refractivity contribution in [2.75, 3.05) is 7.11 Å². The number of fused-ring (bicyclic) bond motifs is 1. The number of ether oxygens (including phenoxy) is 1. The van der Waals surface area contributed by atoms with Crippen LogP contribution in [0.4, 0.5) is 0 Å². The summed E-state index contributed by atoms with van der Waals surface area (Å²) < 4.78 is 9.42. The Hall–Kier alpha value is -3.45. The number of hydrogen-bond acceptors (Lipinski definition) is 5. The standard InChI is InChI=1S/C24H23ClN6O/c1-16-14-30(15-26-16)21-11-9-19(27-24(21)32-2)10-12-22-28-23-20(4-3-13-31(23)29-22)17-5-7-18(25)8-6-17/h5-12,14-15,20H,3-4,13H2,1-2H3/b12-10+/t20-/m0/s1. The number of pyridine rings is 1. The summed E-state index contributed by atoms with van der Waals surface area (Å²) in [5.41, 5.74) is 3.76. The molecule has 5 rings (SSSR count). The summed E-state index contributed by atoms with van der Waals surface area (Å²) in [6.45, 7) is 2.83. The molecule has 0 bridgehead atoms. The third kappa shape index (κ3) is 4.03. The van der Waals surface area contributed by atoms with E-state index in [4.69, 9.17) is 26.4 Å². The smallest absolute Gasteiger partial charge is 0.238 e. The van der Waals surface area contributed by atoms with Gasteiger partial charge in [-0.1, -0.05) is 23.7 Å². The Morgan fingerprint density at radius 1 is 1.09 bits per heavy atom. The summed E-state index contributed by atoms with van der Waals surface area (Å²) in [7, 11) is 1.62. The molecule has 1 atom stereocenters. The fraction of sp³-hybridized carbons (Fsp3) is 0.250. The quantitative estimate of drug-likeness (QED) is 0.435. The Labute approximate surface area is 191 Å². The lowest BCUT2D eigenvalue weighted by atomic mass is 9.91. The number of aromatic nitrogens is 6. The lowest BCUT2D eigenvalue weighted by Gasteiger charge is -2.22. The molecule has 0 saturated carbocycles. The normalized spacial score (nSPS) is 15.8. The first-order valence-corrected chi connectivity index (χ1v) is 10.9. The number of hydrogen-bond donors (Lipinski definition) is 0. The van der Waals surface area contributed by atoms with Gasteiger partial charge in [-0.2, -0.15) is 5.10 Å². The Balaban J connectivity index is 1.40. The van der Waals surface area contributed by atoms with E-state index >= 15 is 0 Å². The van der Waals surface area contributed by atoms with Crippen LogP contribution in [-0.2, 0) is 6.54 Å². The summed E-state index contributed by atoms with van der Waals surface area (Å²) >= 11 is 6.06. The molecule has 0 N–H and O–H groups in total. The molecular weight excluding hydrogens is 424 g/mol. The largest absolute Gasteiger partial charge is 0.479 e. The van der Waals surface area contributed by atoms with Crippen molar-refractivity contribution in [2.45, 2.75) is 32.2 Å². The zero-order chi connectivity index (χ0) is 22.1. The molecule has 162 valence electrons. The van der Waals surface area contributed by atoms with E-state index in [0.29, 0.717) is 11.7 Å². The van der Waals surface area contributed by atoms with Crippen LogP contribution < -0.4 is 4.74 Å². The number of methoxy groups -OCH3 is 1. The van der Waals surface area contributed by atoms with E-state index in [0.717, 1.165) is 47.3 Å². The van der Waals surface area contributed by atoms with Crippen LogP contribution in [0.3, 0.4) is 0 Å². The summed E-state index contributed by atoms with van der Waals surface area (Å²) in [6.07, 6.45) is 9.61. The molecule has 1 aliphatic rings.